The molecule has 26 heavy (non-hydrogen) atoms. The lowest BCUT2D eigenvalue weighted by molar-refractivity contribution is 0.0653. The minimum absolute atomic E-state index is 0.248. The van der Waals surface area contributed by atoms with Crippen molar-refractivity contribution in [3.8, 4) is 11.5 Å². The average molecular weight is 377 g/mol. The van der Waals surface area contributed by atoms with Crippen LogP contribution in [0.2, 0.25) is 5.02 Å². The SMILES string of the molecule is COc1ccccc1OC[C@@H](O)CN1CCN(c2ccc(Cl)cc2)CC1. The van der Waals surface area contributed by atoms with Crippen molar-refractivity contribution in [2.45, 2.75) is 6.10 Å². The highest BCUT2D eigenvalue weighted by atomic mass is 35.5. The van der Waals surface area contributed by atoms with Crippen LogP contribution in [0.4, 0.5) is 5.69 Å². The Morgan fingerprint density at radius 2 is 1.65 bits per heavy atom. The molecule has 2 aromatic carbocycles. The Hall–Kier alpha value is -1.95. The lowest BCUT2D eigenvalue weighted by Gasteiger charge is -2.36. The van der Waals surface area contributed by atoms with E-state index in [1.54, 1.807) is 7.11 Å². The van der Waals surface area contributed by atoms with E-state index >= 15 is 0 Å². The van der Waals surface area contributed by atoms with Gasteiger partial charge in [-0.05, 0) is 36.4 Å². The zero-order valence-corrected chi connectivity index (χ0v) is 15.7. The number of β-amino-alcohol motifs (C(OH)–C–C–N with tert-alkyl or cyclic N) is 1. The molecule has 6 heteroatoms. The zero-order chi connectivity index (χ0) is 18.4. The van der Waals surface area contributed by atoms with E-state index in [0.717, 1.165) is 31.2 Å². The van der Waals surface area contributed by atoms with Gasteiger partial charge in [-0.2, -0.15) is 0 Å². The Bertz CT molecular complexity index is 688. The number of piperazine rings is 1. The van der Waals surface area contributed by atoms with Crippen LogP contribution in [0.25, 0.3) is 0 Å². The number of ether oxygens (including phenoxy) is 2. The predicted molar refractivity (Wildman–Crippen MR) is 105 cm³/mol. The van der Waals surface area contributed by atoms with Gasteiger partial charge in [-0.1, -0.05) is 23.7 Å². The van der Waals surface area contributed by atoms with Crippen LogP contribution in [0.5, 0.6) is 11.5 Å². The smallest absolute Gasteiger partial charge is 0.161 e. The molecule has 3 rings (SSSR count). The average Bonchev–Trinajstić information content (AvgIpc) is 2.68. The largest absolute Gasteiger partial charge is 0.493 e. The van der Waals surface area contributed by atoms with E-state index < -0.39 is 6.10 Å². The van der Waals surface area contributed by atoms with Crippen LogP contribution >= 0.6 is 11.6 Å². The fraction of sp³-hybridized carbons (Fsp3) is 0.400. The monoisotopic (exact) mass is 376 g/mol. The maximum atomic E-state index is 10.3. The van der Waals surface area contributed by atoms with E-state index in [9.17, 15) is 5.11 Å². The molecular weight excluding hydrogens is 352 g/mol. The Labute approximate surface area is 159 Å². The van der Waals surface area contributed by atoms with Crippen molar-refractivity contribution < 1.29 is 14.6 Å². The van der Waals surface area contributed by atoms with Crippen LogP contribution in [0.3, 0.4) is 0 Å². The van der Waals surface area contributed by atoms with Crippen LogP contribution in [0.1, 0.15) is 0 Å². The first kappa shape index (κ1) is 18.8. The van der Waals surface area contributed by atoms with Gasteiger partial charge in [0.15, 0.2) is 11.5 Å². The molecule has 1 aliphatic rings. The van der Waals surface area contributed by atoms with Gasteiger partial charge in [0.2, 0.25) is 0 Å². The van der Waals surface area contributed by atoms with Gasteiger partial charge in [0.05, 0.1) is 7.11 Å². The molecule has 1 N–H and O–H groups in total. The van der Waals surface area contributed by atoms with Gasteiger partial charge in [0, 0.05) is 43.4 Å². The summed E-state index contributed by atoms with van der Waals surface area (Å²) < 4.78 is 11.0. The Kier molecular flexibility index (Phi) is 6.61. The van der Waals surface area contributed by atoms with Gasteiger partial charge >= 0.3 is 0 Å². The molecule has 0 unspecified atom stereocenters. The predicted octanol–water partition coefficient (Wildman–Crippen LogP) is 2.91. The van der Waals surface area contributed by atoms with E-state index in [0.29, 0.717) is 18.0 Å². The number of aliphatic hydroxyl groups excluding tert-OH is 1. The van der Waals surface area contributed by atoms with E-state index in [1.165, 1.54) is 5.69 Å². The molecule has 140 valence electrons. The second-order valence-electron chi connectivity index (χ2n) is 6.38. The summed E-state index contributed by atoms with van der Waals surface area (Å²) in [6.07, 6.45) is -0.540. The second kappa shape index (κ2) is 9.12. The third kappa shape index (κ3) is 5.04. The number of halogens is 1. The van der Waals surface area contributed by atoms with Crippen molar-refractivity contribution in [2.75, 3.05) is 51.3 Å². The van der Waals surface area contributed by atoms with Crippen LogP contribution in [-0.4, -0.2) is 62.6 Å². The molecule has 1 fully saturated rings. The number of aliphatic hydroxyl groups is 1. The summed E-state index contributed by atoms with van der Waals surface area (Å²) in [5.74, 6) is 1.33. The summed E-state index contributed by atoms with van der Waals surface area (Å²) in [5, 5.41) is 11.1. The standard InChI is InChI=1S/C20H25ClN2O3/c1-25-19-4-2-3-5-20(19)26-15-18(24)14-22-10-12-23(13-11-22)17-8-6-16(21)7-9-17/h2-9,18,24H,10-15H2,1H3/t18-/m0/s1. The number of anilines is 1. The third-order valence-corrected chi connectivity index (χ3v) is 4.79. The molecule has 0 bridgehead atoms. The molecule has 1 aliphatic heterocycles. The maximum Gasteiger partial charge on any atom is 0.161 e. The Morgan fingerprint density at radius 1 is 1.00 bits per heavy atom. The lowest BCUT2D eigenvalue weighted by atomic mass is 10.2. The molecule has 1 saturated heterocycles. The summed E-state index contributed by atoms with van der Waals surface area (Å²) in [5.41, 5.74) is 1.19. The van der Waals surface area contributed by atoms with Crippen LogP contribution in [0.15, 0.2) is 48.5 Å². The number of benzene rings is 2. The van der Waals surface area contributed by atoms with Crippen molar-refractivity contribution in [3.05, 3.63) is 53.6 Å². The van der Waals surface area contributed by atoms with Crippen LogP contribution < -0.4 is 14.4 Å². The highest BCUT2D eigenvalue weighted by Gasteiger charge is 2.20. The first-order chi connectivity index (χ1) is 12.7. The molecule has 0 aromatic heterocycles. The minimum Gasteiger partial charge on any atom is -0.493 e. The summed E-state index contributed by atoms with van der Waals surface area (Å²) in [6, 6.07) is 15.4. The number of para-hydroxylation sites is 2. The molecule has 1 atom stereocenters. The van der Waals surface area contributed by atoms with Gasteiger partial charge in [-0.15, -0.1) is 0 Å². The molecular formula is C20H25ClN2O3. The van der Waals surface area contributed by atoms with Gasteiger partial charge in [-0.25, -0.2) is 0 Å². The van der Waals surface area contributed by atoms with E-state index in [-0.39, 0.29) is 6.61 Å². The minimum atomic E-state index is -0.540. The first-order valence-corrected chi connectivity index (χ1v) is 9.20. The fourth-order valence-electron chi connectivity index (χ4n) is 3.12. The number of rotatable bonds is 7. The number of methoxy groups -OCH3 is 1. The van der Waals surface area contributed by atoms with Crippen molar-refractivity contribution in [1.82, 2.24) is 4.90 Å². The molecule has 0 spiro atoms. The zero-order valence-electron chi connectivity index (χ0n) is 15.0. The molecule has 2 aromatic rings. The van der Waals surface area contributed by atoms with Crippen molar-refractivity contribution in [3.63, 3.8) is 0 Å². The molecule has 1 heterocycles. The van der Waals surface area contributed by atoms with E-state index in [2.05, 4.69) is 9.80 Å². The molecule has 0 radical (unpaired) electrons. The lowest BCUT2D eigenvalue weighted by Crippen LogP contribution is -2.49. The van der Waals surface area contributed by atoms with Crippen molar-refractivity contribution in [2.24, 2.45) is 0 Å². The highest BCUT2D eigenvalue weighted by molar-refractivity contribution is 6.30. The summed E-state index contributed by atoms with van der Waals surface area (Å²) in [4.78, 5) is 4.60. The van der Waals surface area contributed by atoms with Gasteiger partial charge < -0.3 is 19.5 Å². The van der Waals surface area contributed by atoms with Gasteiger partial charge in [0.25, 0.3) is 0 Å². The summed E-state index contributed by atoms with van der Waals surface area (Å²) >= 11 is 5.95. The van der Waals surface area contributed by atoms with Gasteiger partial charge in [-0.3, -0.25) is 4.90 Å². The molecule has 0 amide bonds. The highest BCUT2D eigenvalue weighted by Crippen LogP contribution is 2.26. The van der Waals surface area contributed by atoms with E-state index in [4.69, 9.17) is 21.1 Å². The van der Waals surface area contributed by atoms with Crippen molar-refractivity contribution >= 4 is 17.3 Å². The van der Waals surface area contributed by atoms with Crippen LogP contribution in [0, 0.1) is 0 Å². The topological polar surface area (TPSA) is 45.2 Å². The van der Waals surface area contributed by atoms with Crippen LogP contribution in [-0.2, 0) is 0 Å². The number of nitrogens with zero attached hydrogens (tertiary/aromatic N) is 2. The molecule has 5 nitrogen and oxygen atoms in total. The normalized spacial score (nSPS) is 16.3. The molecule has 0 aliphatic carbocycles. The number of hydrogen-bond donors (Lipinski definition) is 1. The summed E-state index contributed by atoms with van der Waals surface area (Å²) in [6.45, 7) is 4.54. The quantitative estimate of drug-likeness (QED) is 0.805. The first-order valence-electron chi connectivity index (χ1n) is 8.82. The third-order valence-electron chi connectivity index (χ3n) is 4.53. The maximum absolute atomic E-state index is 10.3. The Morgan fingerprint density at radius 3 is 2.31 bits per heavy atom. The van der Waals surface area contributed by atoms with E-state index in [1.807, 2.05) is 48.5 Å². The second-order valence-corrected chi connectivity index (χ2v) is 6.82. The van der Waals surface area contributed by atoms with Crippen molar-refractivity contribution in [1.29, 1.82) is 0 Å². The fourth-order valence-corrected chi connectivity index (χ4v) is 3.24. The number of hydrogen-bond acceptors (Lipinski definition) is 5. The van der Waals surface area contributed by atoms with Gasteiger partial charge in [0.1, 0.15) is 12.7 Å². The molecule has 0 saturated carbocycles. The Balaban J connectivity index is 1.43. The summed E-state index contributed by atoms with van der Waals surface area (Å²) in [7, 11) is 1.61.